The third-order valence-electron chi connectivity index (χ3n) is 2.61. The van der Waals surface area contributed by atoms with Crippen LogP contribution in [-0.4, -0.2) is 25.3 Å². The largest absolute Gasteiger partial charge is 0.243 e. The number of unbranched alkanes of at least 4 members (excludes halogenated alkanes) is 2. The fourth-order valence-electron chi connectivity index (χ4n) is 1.66. The van der Waals surface area contributed by atoms with Crippen molar-refractivity contribution < 1.29 is 13.0 Å². The van der Waals surface area contributed by atoms with Crippen LogP contribution >= 0.6 is 0 Å². The molecule has 1 heterocycles. The van der Waals surface area contributed by atoms with E-state index in [0.717, 1.165) is 19.3 Å². The van der Waals surface area contributed by atoms with Gasteiger partial charge in [-0.2, -0.15) is 0 Å². The summed E-state index contributed by atoms with van der Waals surface area (Å²) in [4.78, 5) is 0.109. The number of aromatic nitrogens is 2. The molecule has 0 bridgehead atoms. The van der Waals surface area contributed by atoms with Crippen LogP contribution in [-0.2, 0) is 10.0 Å². The van der Waals surface area contributed by atoms with Crippen molar-refractivity contribution in [3.63, 3.8) is 0 Å². The molecule has 6 nitrogen and oxygen atoms in total. The van der Waals surface area contributed by atoms with Gasteiger partial charge in [-0.15, -0.1) is 0 Å². The van der Waals surface area contributed by atoms with Crippen LogP contribution in [0, 0.1) is 0 Å². The van der Waals surface area contributed by atoms with Gasteiger partial charge >= 0.3 is 0 Å². The van der Waals surface area contributed by atoms with Gasteiger partial charge in [-0.3, -0.25) is 0 Å². The van der Waals surface area contributed by atoms with Crippen LogP contribution in [0.1, 0.15) is 26.2 Å². The standard InChI is InChI=1S/C11H15N3O3S/c1-2-3-4-8-12-18(15,16)10-7-5-6-9-11(10)14-17-13-9/h5-7,12H,2-4,8H2,1H3. The lowest BCUT2D eigenvalue weighted by Crippen LogP contribution is -2.25. The van der Waals surface area contributed by atoms with Crippen LogP contribution in [0.4, 0.5) is 0 Å². The number of rotatable bonds is 6. The van der Waals surface area contributed by atoms with E-state index in [1.165, 1.54) is 6.07 Å². The van der Waals surface area contributed by atoms with E-state index in [1.54, 1.807) is 12.1 Å². The van der Waals surface area contributed by atoms with Gasteiger partial charge in [0.25, 0.3) is 0 Å². The molecule has 0 aliphatic rings. The Kier molecular flexibility index (Phi) is 3.93. The highest BCUT2D eigenvalue weighted by Gasteiger charge is 2.19. The summed E-state index contributed by atoms with van der Waals surface area (Å²) in [6.45, 7) is 2.49. The van der Waals surface area contributed by atoms with Gasteiger partial charge in [0.1, 0.15) is 10.4 Å². The highest BCUT2D eigenvalue weighted by atomic mass is 32.2. The fourth-order valence-corrected chi connectivity index (χ4v) is 2.88. The summed E-state index contributed by atoms with van der Waals surface area (Å²) in [7, 11) is -3.55. The number of benzene rings is 1. The number of hydrogen-bond acceptors (Lipinski definition) is 5. The van der Waals surface area contributed by atoms with Gasteiger partial charge in [0.2, 0.25) is 10.0 Å². The number of sulfonamides is 1. The third kappa shape index (κ3) is 2.68. The molecular formula is C11H15N3O3S. The molecule has 7 heteroatoms. The Bertz CT molecular complexity index is 621. The fraction of sp³-hybridized carbons (Fsp3) is 0.455. The van der Waals surface area contributed by atoms with Crippen molar-refractivity contribution in [2.45, 2.75) is 31.1 Å². The maximum absolute atomic E-state index is 12.1. The second-order valence-electron chi connectivity index (χ2n) is 3.99. The first kappa shape index (κ1) is 13.0. The minimum atomic E-state index is -3.55. The molecule has 0 spiro atoms. The molecule has 1 N–H and O–H groups in total. The molecule has 0 saturated heterocycles. The smallest absolute Gasteiger partial charge is 0.242 e. The summed E-state index contributed by atoms with van der Waals surface area (Å²) in [5.41, 5.74) is 0.701. The highest BCUT2D eigenvalue weighted by Crippen LogP contribution is 2.19. The zero-order chi connectivity index (χ0) is 13.0. The maximum atomic E-state index is 12.1. The van der Waals surface area contributed by atoms with Gasteiger partial charge in [-0.1, -0.05) is 25.8 Å². The topological polar surface area (TPSA) is 85.1 Å². The van der Waals surface area contributed by atoms with Gasteiger partial charge in [-0.05, 0) is 28.9 Å². The van der Waals surface area contributed by atoms with Crippen LogP contribution in [0.25, 0.3) is 11.0 Å². The molecule has 1 aromatic heterocycles. The van der Waals surface area contributed by atoms with E-state index in [4.69, 9.17) is 0 Å². The van der Waals surface area contributed by atoms with E-state index >= 15 is 0 Å². The molecule has 0 aliphatic carbocycles. The van der Waals surface area contributed by atoms with E-state index in [1.807, 2.05) is 0 Å². The molecule has 1 aromatic carbocycles. The van der Waals surface area contributed by atoms with E-state index in [0.29, 0.717) is 12.1 Å². The highest BCUT2D eigenvalue weighted by molar-refractivity contribution is 7.89. The van der Waals surface area contributed by atoms with Crippen molar-refractivity contribution in [2.75, 3.05) is 6.54 Å². The zero-order valence-electron chi connectivity index (χ0n) is 10.1. The zero-order valence-corrected chi connectivity index (χ0v) is 10.9. The van der Waals surface area contributed by atoms with Crippen molar-refractivity contribution in [3.05, 3.63) is 18.2 Å². The lowest BCUT2D eigenvalue weighted by molar-refractivity contribution is 0.315. The molecule has 0 aliphatic heterocycles. The Hall–Kier alpha value is -1.47. The molecule has 0 unspecified atom stereocenters. The van der Waals surface area contributed by atoms with Crippen LogP contribution < -0.4 is 4.72 Å². The Morgan fingerprint density at radius 1 is 1.28 bits per heavy atom. The number of nitrogens with zero attached hydrogens (tertiary/aromatic N) is 2. The van der Waals surface area contributed by atoms with Crippen LogP contribution in [0.15, 0.2) is 27.7 Å². The molecule has 0 atom stereocenters. The molecule has 0 amide bonds. The SMILES string of the molecule is CCCCCNS(=O)(=O)c1cccc2nonc12. The van der Waals surface area contributed by atoms with Crippen molar-refractivity contribution in [1.82, 2.24) is 15.0 Å². The lowest BCUT2D eigenvalue weighted by Gasteiger charge is -2.05. The average Bonchev–Trinajstić information content (AvgIpc) is 2.82. The number of hydrogen-bond donors (Lipinski definition) is 1. The lowest BCUT2D eigenvalue weighted by atomic mass is 10.3. The van der Waals surface area contributed by atoms with E-state index in [2.05, 4.69) is 26.6 Å². The molecule has 0 fully saturated rings. The number of fused-ring (bicyclic) bond motifs is 1. The van der Waals surface area contributed by atoms with E-state index < -0.39 is 10.0 Å². The second kappa shape index (κ2) is 5.45. The monoisotopic (exact) mass is 269 g/mol. The third-order valence-corrected chi connectivity index (χ3v) is 4.10. The molecule has 0 radical (unpaired) electrons. The molecular weight excluding hydrogens is 254 g/mol. The minimum absolute atomic E-state index is 0.109. The summed E-state index contributed by atoms with van der Waals surface area (Å²) in [5, 5.41) is 7.25. The summed E-state index contributed by atoms with van der Waals surface area (Å²) >= 11 is 0. The normalized spacial score (nSPS) is 12.1. The summed E-state index contributed by atoms with van der Waals surface area (Å²) in [5.74, 6) is 0. The molecule has 0 saturated carbocycles. The van der Waals surface area contributed by atoms with Gasteiger partial charge in [0, 0.05) is 6.54 Å². The predicted molar refractivity (Wildman–Crippen MR) is 66.5 cm³/mol. The van der Waals surface area contributed by atoms with Crippen molar-refractivity contribution in [1.29, 1.82) is 0 Å². The first-order valence-electron chi connectivity index (χ1n) is 5.86. The first-order valence-corrected chi connectivity index (χ1v) is 7.34. The molecule has 2 rings (SSSR count). The van der Waals surface area contributed by atoms with Crippen LogP contribution in [0.3, 0.4) is 0 Å². The summed E-state index contributed by atoms with van der Waals surface area (Å²) in [6, 6.07) is 4.77. The quantitative estimate of drug-likeness (QED) is 0.807. The Morgan fingerprint density at radius 2 is 2.11 bits per heavy atom. The van der Waals surface area contributed by atoms with E-state index in [9.17, 15) is 8.42 Å². The first-order chi connectivity index (χ1) is 8.65. The maximum Gasteiger partial charge on any atom is 0.242 e. The summed E-state index contributed by atoms with van der Waals surface area (Å²) < 4.78 is 31.3. The van der Waals surface area contributed by atoms with Crippen molar-refractivity contribution in [3.8, 4) is 0 Å². The second-order valence-corrected chi connectivity index (χ2v) is 5.73. The number of nitrogens with one attached hydrogen (secondary N) is 1. The summed E-state index contributed by atoms with van der Waals surface area (Å²) in [6.07, 6.45) is 2.87. The van der Waals surface area contributed by atoms with Crippen LogP contribution in [0.5, 0.6) is 0 Å². The van der Waals surface area contributed by atoms with Crippen LogP contribution in [0.2, 0.25) is 0 Å². The van der Waals surface area contributed by atoms with Gasteiger partial charge in [0.15, 0.2) is 5.52 Å². The molecule has 98 valence electrons. The molecule has 2 aromatic rings. The van der Waals surface area contributed by atoms with Gasteiger partial charge in [0.05, 0.1) is 0 Å². The Balaban J connectivity index is 2.21. The van der Waals surface area contributed by atoms with Gasteiger partial charge in [-0.25, -0.2) is 17.8 Å². The molecule has 18 heavy (non-hydrogen) atoms. The van der Waals surface area contributed by atoms with E-state index in [-0.39, 0.29) is 10.4 Å². The Morgan fingerprint density at radius 3 is 2.89 bits per heavy atom. The average molecular weight is 269 g/mol. The van der Waals surface area contributed by atoms with Crippen molar-refractivity contribution >= 4 is 21.1 Å². The minimum Gasteiger partial charge on any atom is -0.243 e. The van der Waals surface area contributed by atoms with Gasteiger partial charge < -0.3 is 0 Å². The van der Waals surface area contributed by atoms with Crippen molar-refractivity contribution in [2.24, 2.45) is 0 Å². The predicted octanol–water partition coefficient (Wildman–Crippen LogP) is 1.69. The Labute approximate surface area is 105 Å².